The molecule has 0 aromatic heterocycles. The summed E-state index contributed by atoms with van der Waals surface area (Å²) in [6.45, 7) is 0. The Hall–Kier alpha value is -0.0900. The predicted octanol–water partition coefficient (Wildman–Crippen LogP) is 2.11. The van der Waals surface area contributed by atoms with Crippen molar-refractivity contribution in [2.75, 3.05) is 0 Å². The van der Waals surface area contributed by atoms with Gasteiger partial charge in [0, 0.05) is 9.61 Å². The lowest BCUT2D eigenvalue weighted by Gasteiger charge is -2.22. The van der Waals surface area contributed by atoms with Gasteiger partial charge in [0.25, 0.3) is 0 Å². The monoisotopic (exact) mass is 273 g/mol. The van der Waals surface area contributed by atoms with Gasteiger partial charge in [0.1, 0.15) is 0 Å². The highest BCUT2D eigenvalue weighted by Gasteiger charge is 2.16. The largest absolute Gasteiger partial charge is 0.327 e. The molecule has 1 atom stereocenters. The molecule has 0 saturated carbocycles. The summed E-state index contributed by atoms with van der Waals surface area (Å²) in [7, 11) is 0. The second kappa shape index (κ2) is 3.34. The molecule has 1 aliphatic rings. The number of hydrogen-bond donors (Lipinski definition) is 1. The first-order valence-electron chi connectivity index (χ1n) is 4.29. The molecule has 12 heavy (non-hydrogen) atoms. The van der Waals surface area contributed by atoms with Crippen molar-refractivity contribution in [1.29, 1.82) is 0 Å². The first-order chi connectivity index (χ1) is 5.77. The Morgan fingerprint density at radius 2 is 2.25 bits per heavy atom. The summed E-state index contributed by atoms with van der Waals surface area (Å²) in [5.74, 6) is 0. The molecule has 1 unspecified atom stereocenters. The van der Waals surface area contributed by atoms with Crippen LogP contribution in [-0.2, 0) is 12.8 Å². The molecule has 0 radical (unpaired) electrons. The molecule has 2 N–H and O–H groups in total. The molecule has 0 saturated heterocycles. The second-order valence-corrected chi connectivity index (χ2v) is 4.54. The maximum Gasteiger partial charge on any atom is 0.0165 e. The summed E-state index contributed by atoms with van der Waals surface area (Å²) in [6, 6.07) is 6.89. The number of rotatable bonds is 0. The Bertz CT molecular complexity index is 296. The van der Waals surface area contributed by atoms with E-state index in [1.54, 1.807) is 0 Å². The number of fused-ring (bicyclic) bond motifs is 1. The lowest BCUT2D eigenvalue weighted by atomic mass is 9.89. The molecule has 0 heterocycles. The quantitative estimate of drug-likeness (QED) is 0.720. The smallest absolute Gasteiger partial charge is 0.0165 e. The van der Waals surface area contributed by atoms with Crippen LogP contribution in [-0.4, -0.2) is 6.04 Å². The van der Waals surface area contributed by atoms with Gasteiger partial charge < -0.3 is 5.73 Å². The Morgan fingerprint density at radius 1 is 1.42 bits per heavy atom. The molecule has 1 aromatic rings. The van der Waals surface area contributed by atoms with E-state index in [2.05, 4.69) is 40.8 Å². The van der Waals surface area contributed by atoms with Gasteiger partial charge in [-0.25, -0.2) is 0 Å². The first-order valence-corrected chi connectivity index (χ1v) is 5.37. The van der Waals surface area contributed by atoms with Crippen LogP contribution in [0.2, 0.25) is 0 Å². The van der Waals surface area contributed by atoms with Gasteiger partial charge in [-0.15, -0.1) is 0 Å². The van der Waals surface area contributed by atoms with Gasteiger partial charge in [-0.3, -0.25) is 0 Å². The van der Waals surface area contributed by atoms with E-state index >= 15 is 0 Å². The van der Waals surface area contributed by atoms with Crippen LogP contribution in [0.4, 0.5) is 0 Å². The third kappa shape index (κ3) is 1.50. The molecule has 2 heteroatoms. The van der Waals surface area contributed by atoms with E-state index in [1.807, 2.05) is 0 Å². The van der Waals surface area contributed by atoms with Gasteiger partial charge in [-0.2, -0.15) is 0 Å². The number of nitrogens with two attached hydrogens (primary N) is 1. The first kappa shape index (κ1) is 8.51. The van der Waals surface area contributed by atoms with E-state index in [0.717, 1.165) is 19.3 Å². The summed E-state index contributed by atoms with van der Waals surface area (Å²) in [5.41, 5.74) is 8.88. The average molecular weight is 273 g/mol. The zero-order chi connectivity index (χ0) is 8.55. The number of hydrogen-bond acceptors (Lipinski definition) is 1. The molecule has 1 nitrogen and oxygen atoms in total. The zero-order valence-corrected chi connectivity index (χ0v) is 9.04. The van der Waals surface area contributed by atoms with Crippen LogP contribution in [0.3, 0.4) is 0 Å². The van der Waals surface area contributed by atoms with E-state index in [-0.39, 0.29) is 0 Å². The fraction of sp³-hybridized carbons (Fsp3) is 0.400. The SMILES string of the molecule is NC1CCc2c(I)cccc2C1. The van der Waals surface area contributed by atoms with Crippen LogP contribution < -0.4 is 5.73 Å². The molecule has 0 spiro atoms. The summed E-state index contributed by atoms with van der Waals surface area (Å²) < 4.78 is 1.40. The summed E-state index contributed by atoms with van der Waals surface area (Å²) in [5, 5.41) is 0. The van der Waals surface area contributed by atoms with Gasteiger partial charge in [0.2, 0.25) is 0 Å². The van der Waals surface area contributed by atoms with E-state index < -0.39 is 0 Å². The lowest BCUT2D eigenvalue weighted by Crippen LogP contribution is -2.28. The molecule has 2 rings (SSSR count). The Morgan fingerprint density at radius 3 is 3.08 bits per heavy atom. The third-order valence-corrected chi connectivity index (χ3v) is 3.47. The average Bonchev–Trinajstić information content (AvgIpc) is 2.04. The van der Waals surface area contributed by atoms with Crippen molar-refractivity contribution in [1.82, 2.24) is 0 Å². The fourth-order valence-corrected chi connectivity index (χ4v) is 2.61. The van der Waals surface area contributed by atoms with Crippen LogP contribution >= 0.6 is 22.6 Å². The second-order valence-electron chi connectivity index (χ2n) is 3.38. The lowest BCUT2D eigenvalue weighted by molar-refractivity contribution is 0.575. The van der Waals surface area contributed by atoms with Crippen molar-refractivity contribution >= 4 is 22.6 Å². The molecule has 1 aliphatic carbocycles. The highest BCUT2D eigenvalue weighted by molar-refractivity contribution is 14.1. The van der Waals surface area contributed by atoms with Crippen molar-refractivity contribution in [3.8, 4) is 0 Å². The Balaban J connectivity index is 2.42. The minimum atomic E-state index is 0.385. The highest BCUT2D eigenvalue weighted by Crippen LogP contribution is 2.24. The van der Waals surface area contributed by atoms with Gasteiger partial charge in [0.15, 0.2) is 0 Å². The summed E-state index contributed by atoms with van der Waals surface area (Å²) in [6.07, 6.45) is 3.37. The van der Waals surface area contributed by atoms with Crippen LogP contribution in [0.5, 0.6) is 0 Å². The fourth-order valence-electron chi connectivity index (χ4n) is 1.79. The third-order valence-electron chi connectivity index (χ3n) is 2.46. The molecule has 0 aliphatic heterocycles. The van der Waals surface area contributed by atoms with Crippen LogP contribution in [0.1, 0.15) is 17.5 Å². The minimum absolute atomic E-state index is 0.385. The topological polar surface area (TPSA) is 26.0 Å². The molecular weight excluding hydrogens is 261 g/mol. The summed E-state index contributed by atoms with van der Waals surface area (Å²) >= 11 is 2.41. The van der Waals surface area contributed by atoms with Crippen molar-refractivity contribution in [2.24, 2.45) is 5.73 Å². The Kier molecular flexibility index (Phi) is 2.37. The van der Waals surface area contributed by atoms with Crippen LogP contribution in [0, 0.1) is 3.57 Å². The number of benzene rings is 1. The predicted molar refractivity (Wildman–Crippen MR) is 59.2 cm³/mol. The van der Waals surface area contributed by atoms with Crippen molar-refractivity contribution in [3.63, 3.8) is 0 Å². The van der Waals surface area contributed by atoms with E-state index in [9.17, 15) is 0 Å². The standard InChI is InChI=1S/C10H12IN/c11-10-3-1-2-7-6-8(12)4-5-9(7)10/h1-3,8H,4-6,12H2. The minimum Gasteiger partial charge on any atom is -0.327 e. The molecular formula is C10H12IN. The Labute approximate surface area is 86.5 Å². The van der Waals surface area contributed by atoms with Crippen LogP contribution in [0.15, 0.2) is 18.2 Å². The maximum atomic E-state index is 5.90. The molecule has 64 valence electrons. The van der Waals surface area contributed by atoms with Gasteiger partial charge in [0.05, 0.1) is 0 Å². The molecule has 0 fully saturated rings. The van der Waals surface area contributed by atoms with E-state index in [4.69, 9.17) is 5.73 Å². The number of halogens is 1. The van der Waals surface area contributed by atoms with Gasteiger partial charge >= 0.3 is 0 Å². The van der Waals surface area contributed by atoms with Crippen molar-refractivity contribution in [3.05, 3.63) is 32.9 Å². The zero-order valence-electron chi connectivity index (χ0n) is 6.89. The normalized spacial score (nSPS) is 22.0. The van der Waals surface area contributed by atoms with Crippen molar-refractivity contribution < 1.29 is 0 Å². The van der Waals surface area contributed by atoms with Crippen LogP contribution in [0.25, 0.3) is 0 Å². The van der Waals surface area contributed by atoms with Crippen molar-refractivity contribution in [2.45, 2.75) is 25.3 Å². The van der Waals surface area contributed by atoms with Gasteiger partial charge in [-0.05, 0) is 59.0 Å². The molecule has 1 aromatic carbocycles. The van der Waals surface area contributed by atoms with E-state index in [1.165, 1.54) is 14.7 Å². The molecule has 0 bridgehead atoms. The molecule has 0 amide bonds. The van der Waals surface area contributed by atoms with Gasteiger partial charge in [-0.1, -0.05) is 12.1 Å². The highest BCUT2D eigenvalue weighted by atomic mass is 127. The van der Waals surface area contributed by atoms with E-state index in [0.29, 0.717) is 6.04 Å². The summed E-state index contributed by atoms with van der Waals surface area (Å²) in [4.78, 5) is 0. The maximum absolute atomic E-state index is 5.90.